The first-order valence-electron chi connectivity index (χ1n) is 5.76. The van der Waals surface area contributed by atoms with Crippen LogP contribution in [0.3, 0.4) is 0 Å². The van der Waals surface area contributed by atoms with Crippen molar-refractivity contribution >= 4 is 10.0 Å². The van der Waals surface area contributed by atoms with Crippen molar-refractivity contribution in [3.8, 4) is 0 Å². The van der Waals surface area contributed by atoms with Crippen LogP contribution >= 0.6 is 0 Å². The second-order valence-corrected chi connectivity index (χ2v) is 6.16. The Hall–Kier alpha value is -0.130. The van der Waals surface area contributed by atoms with Crippen LogP contribution in [-0.4, -0.2) is 44.7 Å². The van der Waals surface area contributed by atoms with E-state index in [-0.39, 0.29) is 5.75 Å². The number of hydrogen-bond donors (Lipinski definition) is 1. The lowest BCUT2D eigenvalue weighted by atomic mass is 10.3. The molecule has 1 aliphatic rings. The fourth-order valence-corrected chi connectivity index (χ4v) is 3.34. The van der Waals surface area contributed by atoms with Crippen LogP contribution in [0.4, 0.5) is 0 Å². The minimum absolute atomic E-state index is 0.226. The highest BCUT2D eigenvalue weighted by atomic mass is 32.2. The SMILES string of the molecule is CCCCN(C1CC1)S(=O)(=O)CCNC. The second kappa shape index (κ2) is 5.82. The number of nitrogens with one attached hydrogen (secondary N) is 1. The molecule has 0 aromatic rings. The van der Waals surface area contributed by atoms with Gasteiger partial charge in [-0.1, -0.05) is 13.3 Å². The summed E-state index contributed by atoms with van der Waals surface area (Å²) in [5, 5.41) is 2.89. The van der Waals surface area contributed by atoms with Gasteiger partial charge in [0.05, 0.1) is 5.75 Å². The van der Waals surface area contributed by atoms with Gasteiger partial charge in [0.1, 0.15) is 0 Å². The second-order valence-electron chi connectivity index (χ2n) is 4.12. The molecule has 0 spiro atoms. The predicted molar refractivity (Wildman–Crippen MR) is 62.3 cm³/mol. The average molecular weight is 234 g/mol. The Morgan fingerprint density at radius 3 is 2.53 bits per heavy atom. The molecule has 4 nitrogen and oxygen atoms in total. The molecule has 5 heteroatoms. The van der Waals surface area contributed by atoms with Gasteiger partial charge < -0.3 is 5.32 Å². The van der Waals surface area contributed by atoms with Gasteiger partial charge in [-0.2, -0.15) is 4.31 Å². The highest BCUT2D eigenvalue weighted by Crippen LogP contribution is 2.29. The molecule has 0 atom stereocenters. The Balaban J connectivity index is 2.52. The van der Waals surface area contributed by atoms with E-state index in [4.69, 9.17) is 0 Å². The summed E-state index contributed by atoms with van der Waals surface area (Å²) in [6.07, 6.45) is 4.10. The van der Waals surface area contributed by atoms with Crippen LogP contribution in [0.2, 0.25) is 0 Å². The Bertz CT molecular complexity index is 273. The third kappa shape index (κ3) is 4.09. The lowest BCUT2D eigenvalue weighted by Crippen LogP contribution is -2.38. The number of hydrogen-bond acceptors (Lipinski definition) is 3. The van der Waals surface area contributed by atoms with Crippen molar-refractivity contribution in [3.63, 3.8) is 0 Å². The van der Waals surface area contributed by atoms with E-state index in [9.17, 15) is 8.42 Å². The van der Waals surface area contributed by atoms with Crippen LogP contribution < -0.4 is 5.32 Å². The van der Waals surface area contributed by atoms with Gasteiger partial charge in [-0.25, -0.2) is 8.42 Å². The number of nitrogens with zero attached hydrogens (tertiary/aromatic N) is 1. The topological polar surface area (TPSA) is 49.4 Å². The van der Waals surface area contributed by atoms with Crippen LogP contribution in [0.5, 0.6) is 0 Å². The normalized spacial score (nSPS) is 17.3. The maximum atomic E-state index is 12.0. The molecular formula is C10H22N2O2S. The molecule has 1 aliphatic carbocycles. The summed E-state index contributed by atoms with van der Waals surface area (Å²) in [4.78, 5) is 0. The summed E-state index contributed by atoms with van der Waals surface area (Å²) in [5.41, 5.74) is 0. The van der Waals surface area contributed by atoms with Gasteiger partial charge in [0, 0.05) is 19.1 Å². The first-order valence-corrected chi connectivity index (χ1v) is 7.37. The molecular weight excluding hydrogens is 212 g/mol. The zero-order valence-corrected chi connectivity index (χ0v) is 10.5. The van der Waals surface area contributed by atoms with E-state index >= 15 is 0 Å². The van der Waals surface area contributed by atoms with Gasteiger partial charge in [0.25, 0.3) is 0 Å². The summed E-state index contributed by atoms with van der Waals surface area (Å²) in [5.74, 6) is 0.226. The quantitative estimate of drug-likeness (QED) is 0.676. The molecule has 1 N–H and O–H groups in total. The number of rotatable bonds is 8. The van der Waals surface area contributed by atoms with Crippen molar-refractivity contribution in [2.45, 2.75) is 38.6 Å². The maximum Gasteiger partial charge on any atom is 0.215 e. The van der Waals surface area contributed by atoms with Crippen molar-refractivity contribution in [3.05, 3.63) is 0 Å². The average Bonchev–Trinajstić information content (AvgIpc) is 2.99. The predicted octanol–water partition coefficient (Wildman–Crippen LogP) is 0.800. The van der Waals surface area contributed by atoms with Crippen LogP contribution in [0.15, 0.2) is 0 Å². The van der Waals surface area contributed by atoms with E-state index in [1.54, 1.807) is 11.4 Å². The zero-order chi connectivity index (χ0) is 11.3. The van der Waals surface area contributed by atoms with Gasteiger partial charge in [-0.3, -0.25) is 0 Å². The monoisotopic (exact) mass is 234 g/mol. The molecule has 0 radical (unpaired) electrons. The summed E-state index contributed by atoms with van der Waals surface area (Å²) < 4.78 is 25.6. The molecule has 1 fully saturated rings. The zero-order valence-electron chi connectivity index (χ0n) is 9.70. The van der Waals surface area contributed by atoms with Crippen molar-refractivity contribution in [1.82, 2.24) is 9.62 Å². The van der Waals surface area contributed by atoms with E-state index in [0.29, 0.717) is 19.1 Å². The number of sulfonamides is 1. The highest BCUT2D eigenvalue weighted by Gasteiger charge is 2.35. The molecule has 0 bridgehead atoms. The van der Waals surface area contributed by atoms with E-state index < -0.39 is 10.0 Å². The van der Waals surface area contributed by atoms with Crippen LogP contribution in [0.1, 0.15) is 32.6 Å². The molecule has 0 saturated heterocycles. The molecule has 0 aromatic carbocycles. The van der Waals surface area contributed by atoms with E-state index in [2.05, 4.69) is 12.2 Å². The third-order valence-corrected chi connectivity index (χ3v) is 4.57. The molecule has 1 rings (SSSR count). The molecule has 90 valence electrons. The van der Waals surface area contributed by atoms with E-state index in [0.717, 1.165) is 25.7 Å². The molecule has 0 aromatic heterocycles. The van der Waals surface area contributed by atoms with Gasteiger partial charge in [0.15, 0.2) is 0 Å². The van der Waals surface area contributed by atoms with Crippen LogP contribution in [0, 0.1) is 0 Å². The smallest absolute Gasteiger partial charge is 0.215 e. The Morgan fingerprint density at radius 1 is 1.40 bits per heavy atom. The summed E-state index contributed by atoms with van der Waals surface area (Å²) in [6, 6.07) is 0.304. The molecule has 0 aliphatic heterocycles. The Labute approximate surface area is 93.1 Å². The summed E-state index contributed by atoms with van der Waals surface area (Å²) in [6.45, 7) is 3.33. The van der Waals surface area contributed by atoms with Crippen molar-refractivity contribution < 1.29 is 8.42 Å². The third-order valence-electron chi connectivity index (χ3n) is 2.65. The summed E-state index contributed by atoms with van der Waals surface area (Å²) in [7, 11) is -1.24. The first kappa shape index (κ1) is 12.9. The van der Waals surface area contributed by atoms with E-state index in [1.807, 2.05) is 0 Å². The van der Waals surface area contributed by atoms with E-state index in [1.165, 1.54) is 0 Å². The minimum atomic E-state index is -3.02. The maximum absolute atomic E-state index is 12.0. The number of unbranched alkanes of at least 4 members (excludes halogenated alkanes) is 1. The lowest BCUT2D eigenvalue weighted by Gasteiger charge is -2.21. The molecule has 15 heavy (non-hydrogen) atoms. The minimum Gasteiger partial charge on any atom is -0.319 e. The van der Waals surface area contributed by atoms with Crippen LogP contribution in [-0.2, 0) is 10.0 Å². The van der Waals surface area contributed by atoms with Crippen LogP contribution in [0.25, 0.3) is 0 Å². The Kier molecular flexibility index (Phi) is 5.02. The van der Waals surface area contributed by atoms with Gasteiger partial charge in [0.2, 0.25) is 10.0 Å². The fraction of sp³-hybridized carbons (Fsp3) is 1.00. The highest BCUT2D eigenvalue weighted by molar-refractivity contribution is 7.89. The molecule has 0 unspecified atom stereocenters. The fourth-order valence-electron chi connectivity index (χ4n) is 1.57. The largest absolute Gasteiger partial charge is 0.319 e. The Morgan fingerprint density at radius 2 is 2.07 bits per heavy atom. The lowest BCUT2D eigenvalue weighted by molar-refractivity contribution is 0.395. The van der Waals surface area contributed by atoms with Crippen molar-refractivity contribution in [2.24, 2.45) is 0 Å². The standard InChI is InChI=1S/C10H22N2O2S/c1-3-4-8-12(10-5-6-10)15(13,14)9-7-11-2/h10-11H,3-9H2,1-2H3. The molecule has 0 amide bonds. The van der Waals surface area contributed by atoms with Gasteiger partial charge in [-0.15, -0.1) is 0 Å². The molecule has 0 heterocycles. The van der Waals surface area contributed by atoms with Crippen molar-refractivity contribution in [2.75, 3.05) is 25.9 Å². The van der Waals surface area contributed by atoms with Gasteiger partial charge >= 0.3 is 0 Å². The first-order chi connectivity index (χ1) is 7.11. The van der Waals surface area contributed by atoms with Gasteiger partial charge in [-0.05, 0) is 26.3 Å². The summed E-state index contributed by atoms with van der Waals surface area (Å²) >= 11 is 0. The van der Waals surface area contributed by atoms with Crippen molar-refractivity contribution in [1.29, 1.82) is 0 Å². The molecule has 1 saturated carbocycles.